The molecule has 0 spiro atoms. The molecule has 1 aliphatic heterocycles. The van der Waals surface area contributed by atoms with Crippen LogP contribution in [0.1, 0.15) is 44.6 Å². The molecule has 6 nitrogen and oxygen atoms in total. The third-order valence-electron chi connectivity index (χ3n) is 4.38. The van der Waals surface area contributed by atoms with Gasteiger partial charge in [0.25, 0.3) is 0 Å². The molecule has 0 saturated heterocycles. The Balaban J connectivity index is 1.67. The molecular weight excluding hydrogens is 320 g/mol. The van der Waals surface area contributed by atoms with Gasteiger partial charge in [0.2, 0.25) is 11.7 Å². The first-order chi connectivity index (χ1) is 11.9. The second-order valence-electron chi connectivity index (χ2n) is 6.25. The van der Waals surface area contributed by atoms with Gasteiger partial charge in [0.05, 0.1) is 5.56 Å². The van der Waals surface area contributed by atoms with Crippen LogP contribution in [-0.2, 0) is 16.0 Å². The van der Waals surface area contributed by atoms with Crippen LogP contribution in [0, 0.1) is 13.8 Å². The Kier molecular flexibility index (Phi) is 4.44. The van der Waals surface area contributed by atoms with E-state index in [1.807, 2.05) is 13.8 Å². The molecule has 1 aromatic carbocycles. The van der Waals surface area contributed by atoms with Crippen molar-refractivity contribution in [1.29, 1.82) is 0 Å². The zero-order valence-corrected chi connectivity index (χ0v) is 14.5. The van der Waals surface area contributed by atoms with Crippen molar-refractivity contribution in [2.45, 2.75) is 27.2 Å². The summed E-state index contributed by atoms with van der Waals surface area (Å²) < 4.78 is 5.16. The van der Waals surface area contributed by atoms with Gasteiger partial charge >= 0.3 is 5.97 Å². The molecule has 0 fully saturated rings. The van der Waals surface area contributed by atoms with Gasteiger partial charge in [0.1, 0.15) is 0 Å². The highest BCUT2D eigenvalue weighted by molar-refractivity contribution is 6.01. The van der Waals surface area contributed by atoms with Gasteiger partial charge in [-0.3, -0.25) is 9.59 Å². The monoisotopic (exact) mass is 340 g/mol. The molecule has 1 N–H and O–H groups in total. The number of aryl methyl sites for hydroxylation is 2. The Hall–Kier alpha value is -2.89. The van der Waals surface area contributed by atoms with Crippen LogP contribution in [-0.4, -0.2) is 35.8 Å². The molecule has 6 heteroatoms. The Morgan fingerprint density at radius 1 is 1.20 bits per heavy atom. The maximum absolute atomic E-state index is 12.2. The standard InChI is InChI=1S/C19H20N2O4/c1-11-8-16(12(2)20-11)18(23)10-25-19(24)15-4-5-17-14(9-15)6-7-21(17)13(3)22/h4-5,8-9,20H,6-7,10H2,1-3H3. The SMILES string of the molecule is CC(=O)N1CCc2cc(C(=O)OCC(=O)c3cc(C)[nH]c3C)ccc21. The van der Waals surface area contributed by atoms with E-state index in [9.17, 15) is 14.4 Å². The summed E-state index contributed by atoms with van der Waals surface area (Å²) >= 11 is 0. The lowest BCUT2D eigenvalue weighted by Crippen LogP contribution is -2.25. The summed E-state index contributed by atoms with van der Waals surface area (Å²) in [7, 11) is 0. The largest absolute Gasteiger partial charge is 0.454 e. The van der Waals surface area contributed by atoms with Gasteiger partial charge < -0.3 is 14.6 Å². The fourth-order valence-electron chi connectivity index (χ4n) is 3.16. The molecule has 1 aliphatic rings. The number of nitrogens with zero attached hydrogens (tertiary/aromatic N) is 1. The molecule has 1 aromatic heterocycles. The molecular formula is C19H20N2O4. The third-order valence-corrected chi connectivity index (χ3v) is 4.38. The molecule has 0 saturated carbocycles. The van der Waals surface area contributed by atoms with Crippen molar-refractivity contribution >= 4 is 23.3 Å². The van der Waals surface area contributed by atoms with Crippen LogP contribution >= 0.6 is 0 Å². The number of rotatable bonds is 4. The van der Waals surface area contributed by atoms with E-state index in [2.05, 4.69) is 4.98 Å². The van der Waals surface area contributed by atoms with Crippen molar-refractivity contribution in [3.63, 3.8) is 0 Å². The number of carbonyl (C=O) groups excluding carboxylic acids is 3. The van der Waals surface area contributed by atoms with Gasteiger partial charge in [-0.15, -0.1) is 0 Å². The normalized spacial score (nSPS) is 12.8. The summed E-state index contributed by atoms with van der Waals surface area (Å²) in [5.74, 6) is -0.793. The number of benzene rings is 1. The van der Waals surface area contributed by atoms with Crippen LogP contribution in [0.25, 0.3) is 0 Å². The zero-order chi connectivity index (χ0) is 18.1. The van der Waals surface area contributed by atoms with Crippen molar-refractivity contribution in [3.05, 3.63) is 52.3 Å². The lowest BCUT2D eigenvalue weighted by atomic mass is 10.1. The van der Waals surface area contributed by atoms with Crippen molar-refractivity contribution in [1.82, 2.24) is 4.98 Å². The van der Waals surface area contributed by atoms with Crippen LogP contribution in [0.2, 0.25) is 0 Å². The fraction of sp³-hybridized carbons (Fsp3) is 0.316. The number of aromatic amines is 1. The maximum atomic E-state index is 12.2. The van der Waals surface area contributed by atoms with E-state index in [-0.39, 0.29) is 18.3 Å². The first-order valence-corrected chi connectivity index (χ1v) is 8.14. The summed E-state index contributed by atoms with van der Waals surface area (Å²) in [6, 6.07) is 6.86. The number of nitrogens with one attached hydrogen (secondary N) is 1. The minimum Gasteiger partial charge on any atom is -0.454 e. The van der Waals surface area contributed by atoms with Crippen LogP contribution in [0.4, 0.5) is 5.69 Å². The third kappa shape index (κ3) is 3.33. The second kappa shape index (κ2) is 6.55. The van der Waals surface area contributed by atoms with E-state index in [1.54, 1.807) is 29.2 Å². The van der Waals surface area contributed by atoms with Gasteiger partial charge in [0.15, 0.2) is 6.61 Å². The van der Waals surface area contributed by atoms with Crippen LogP contribution in [0.15, 0.2) is 24.3 Å². The summed E-state index contributed by atoms with van der Waals surface area (Å²) in [4.78, 5) is 40.7. The maximum Gasteiger partial charge on any atom is 0.338 e. The van der Waals surface area contributed by atoms with Crippen molar-refractivity contribution in [2.24, 2.45) is 0 Å². The summed E-state index contributed by atoms with van der Waals surface area (Å²) in [6.45, 7) is 5.52. The Morgan fingerprint density at radius 3 is 2.60 bits per heavy atom. The smallest absolute Gasteiger partial charge is 0.338 e. The molecule has 2 heterocycles. The number of carbonyl (C=O) groups is 3. The molecule has 0 aliphatic carbocycles. The predicted octanol–water partition coefficient (Wildman–Crippen LogP) is 2.58. The summed E-state index contributed by atoms with van der Waals surface area (Å²) in [6.07, 6.45) is 0.705. The van der Waals surface area contributed by atoms with Gasteiger partial charge in [-0.1, -0.05) is 0 Å². The van der Waals surface area contributed by atoms with E-state index in [4.69, 9.17) is 4.74 Å². The average molecular weight is 340 g/mol. The lowest BCUT2D eigenvalue weighted by molar-refractivity contribution is -0.116. The van der Waals surface area contributed by atoms with Gasteiger partial charge in [-0.25, -0.2) is 4.79 Å². The highest BCUT2D eigenvalue weighted by Gasteiger charge is 2.23. The van der Waals surface area contributed by atoms with Gasteiger partial charge in [-0.2, -0.15) is 0 Å². The molecule has 0 atom stereocenters. The molecule has 130 valence electrons. The van der Waals surface area contributed by atoms with E-state index in [1.165, 1.54) is 6.92 Å². The molecule has 2 aromatic rings. The second-order valence-corrected chi connectivity index (χ2v) is 6.25. The molecule has 0 radical (unpaired) electrons. The first kappa shape index (κ1) is 17.0. The summed E-state index contributed by atoms with van der Waals surface area (Å²) in [5, 5.41) is 0. The molecule has 3 rings (SSSR count). The number of ether oxygens (including phenoxy) is 1. The number of anilines is 1. The van der Waals surface area contributed by atoms with E-state index < -0.39 is 5.97 Å². The number of H-pyrrole nitrogens is 1. The Morgan fingerprint density at radius 2 is 1.96 bits per heavy atom. The Labute approximate surface area is 145 Å². The van der Waals surface area contributed by atoms with Crippen LogP contribution in [0.5, 0.6) is 0 Å². The van der Waals surface area contributed by atoms with E-state index in [0.29, 0.717) is 24.1 Å². The minimum atomic E-state index is -0.540. The number of Topliss-reactive ketones (excluding diaryl/α,β-unsaturated/α-hetero) is 1. The molecule has 25 heavy (non-hydrogen) atoms. The van der Waals surface area contributed by atoms with Gasteiger partial charge in [-0.05, 0) is 50.1 Å². The van der Waals surface area contributed by atoms with Gasteiger partial charge in [0, 0.05) is 36.1 Å². The highest BCUT2D eigenvalue weighted by Crippen LogP contribution is 2.29. The quantitative estimate of drug-likeness (QED) is 0.685. The number of amides is 1. The number of fused-ring (bicyclic) bond motifs is 1. The van der Waals surface area contributed by atoms with Crippen molar-refractivity contribution in [2.75, 3.05) is 18.1 Å². The minimum absolute atomic E-state index is 0.0168. The molecule has 0 bridgehead atoms. The highest BCUT2D eigenvalue weighted by atomic mass is 16.5. The number of hydrogen-bond donors (Lipinski definition) is 1. The van der Waals surface area contributed by atoms with Crippen molar-refractivity contribution in [3.8, 4) is 0 Å². The first-order valence-electron chi connectivity index (χ1n) is 8.14. The predicted molar refractivity (Wildman–Crippen MR) is 93.1 cm³/mol. The number of ketones is 1. The van der Waals surface area contributed by atoms with Crippen LogP contribution in [0.3, 0.4) is 0 Å². The fourth-order valence-corrected chi connectivity index (χ4v) is 3.16. The molecule has 1 amide bonds. The lowest BCUT2D eigenvalue weighted by Gasteiger charge is -2.14. The number of esters is 1. The van der Waals surface area contributed by atoms with Crippen LogP contribution < -0.4 is 4.90 Å². The zero-order valence-electron chi connectivity index (χ0n) is 14.5. The molecule has 0 unspecified atom stereocenters. The average Bonchev–Trinajstić information content (AvgIpc) is 3.14. The number of aromatic nitrogens is 1. The topological polar surface area (TPSA) is 79.5 Å². The number of hydrogen-bond acceptors (Lipinski definition) is 4. The van der Waals surface area contributed by atoms with Crippen molar-refractivity contribution < 1.29 is 19.1 Å². The van der Waals surface area contributed by atoms with E-state index in [0.717, 1.165) is 22.6 Å². The summed E-state index contributed by atoms with van der Waals surface area (Å²) in [5.41, 5.74) is 4.35. The van der Waals surface area contributed by atoms with E-state index >= 15 is 0 Å². The Bertz CT molecular complexity index is 866.